The fourth-order valence-electron chi connectivity index (χ4n) is 3.20. The highest BCUT2D eigenvalue weighted by atomic mass is 16.5. The highest BCUT2D eigenvalue weighted by Gasteiger charge is 2.30. The molecule has 1 aromatic heterocycles. The zero-order valence-corrected chi connectivity index (χ0v) is 13.9. The molecule has 4 rings (SSSR count). The summed E-state index contributed by atoms with van der Waals surface area (Å²) < 4.78 is 16.5. The molecule has 0 N–H and O–H groups in total. The van der Waals surface area contributed by atoms with Crippen LogP contribution in [0.5, 0.6) is 11.5 Å². The molecule has 1 aliphatic heterocycles. The van der Waals surface area contributed by atoms with Gasteiger partial charge < -0.3 is 13.9 Å². The van der Waals surface area contributed by atoms with Crippen LogP contribution in [-0.4, -0.2) is 12.9 Å². The fourth-order valence-corrected chi connectivity index (χ4v) is 3.20. The Morgan fingerprint density at radius 3 is 2.56 bits per heavy atom. The number of methoxy groups -OCH3 is 1. The van der Waals surface area contributed by atoms with Gasteiger partial charge in [-0.15, -0.1) is 0 Å². The van der Waals surface area contributed by atoms with Gasteiger partial charge in [0.15, 0.2) is 11.4 Å². The summed E-state index contributed by atoms with van der Waals surface area (Å²) in [4.78, 5) is 24.5. The van der Waals surface area contributed by atoms with Gasteiger partial charge in [0.25, 0.3) is 0 Å². The van der Waals surface area contributed by atoms with Crippen molar-refractivity contribution in [2.75, 3.05) is 7.11 Å². The minimum atomic E-state index is -0.469. The molecular formula is C20H16O5. The molecule has 25 heavy (non-hydrogen) atoms. The van der Waals surface area contributed by atoms with Crippen molar-refractivity contribution in [1.82, 2.24) is 0 Å². The summed E-state index contributed by atoms with van der Waals surface area (Å²) >= 11 is 0. The number of hydrogen-bond donors (Lipinski definition) is 0. The van der Waals surface area contributed by atoms with Gasteiger partial charge in [-0.2, -0.15) is 0 Å². The highest BCUT2D eigenvalue weighted by Crippen LogP contribution is 2.39. The molecule has 0 saturated carbocycles. The Kier molecular flexibility index (Phi) is 3.57. The number of Topliss-reactive ketones (excluding diaryl/α,β-unsaturated/α-hetero) is 1. The zero-order valence-electron chi connectivity index (χ0n) is 13.9. The first-order valence-corrected chi connectivity index (χ1v) is 7.98. The molecule has 2 aromatic carbocycles. The second-order valence-electron chi connectivity index (χ2n) is 6.07. The van der Waals surface area contributed by atoms with E-state index in [1.807, 2.05) is 37.3 Å². The molecule has 1 unspecified atom stereocenters. The first-order chi connectivity index (χ1) is 12.1. The van der Waals surface area contributed by atoms with Crippen LogP contribution in [-0.2, 0) is 0 Å². The molecule has 5 heteroatoms. The molecule has 0 fully saturated rings. The van der Waals surface area contributed by atoms with E-state index >= 15 is 0 Å². The van der Waals surface area contributed by atoms with E-state index in [1.165, 1.54) is 6.07 Å². The summed E-state index contributed by atoms with van der Waals surface area (Å²) in [5.41, 5.74) is 1.86. The number of carbonyl (C=O) groups is 1. The lowest BCUT2D eigenvalue weighted by molar-refractivity contribution is 0.0851. The van der Waals surface area contributed by atoms with Crippen LogP contribution in [0.15, 0.2) is 51.7 Å². The number of aryl methyl sites for hydroxylation is 1. The van der Waals surface area contributed by atoms with Crippen LogP contribution in [0.3, 0.4) is 0 Å². The summed E-state index contributed by atoms with van der Waals surface area (Å²) in [6.45, 7) is 1.82. The molecule has 0 bridgehead atoms. The van der Waals surface area contributed by atoms with Gasteiger partial charge in [0, 0.05) is 11.5 Å². The molecule has 126 valence electrons. The average Bonchev–Trinajstić information content (AvgIpc) is 2.61. The second kappa shape index (κ2) is 5.77. The van der Waals surface area contributed by atoms with Gasteiger partial charge in [0.2, 0.25) is 0 Å². The largest absolute Gasteiger partial charge is 0.497 e. The molecule has 0 saturated heterocycles. The van der Waals surface area contributed by atoms with Crippen molar-refractivity contribution in [1.29, 1.82) is 0 Å². The molecule has 2 heterocycles. The summed E-state index contributed by atoms with van der Waals surface area (Å²) in [5.74, 6) is 1.09. The third-order valence-corrected chi connectivity index (χ3v) is 4.49. The second-order valence-corrected chi connectivity index (χ2v) is 6.07. The van der Waals surface area contributed by atoms with Gasteiger partial charge in [0.05, 0.1) is 13.5 Å². The molecule has 0 radical (unpaired) electrons. The Balaban J connectivity index is 1.80. The molecule has 0 amide bonds. The first-order valence-electron chi connectivity index (χ1n) is 7.98. The highest BCUT2D eigenvalue weighted by molar-refractivity contribution is 6.09. The Hall–Kier alpha value is -3.08. The summed E-state index contributed by atoms with van der Waals surface area (Å²) in [6, 6.07) is 12.4. The van der Waals surface area contributed by atoms with Gasteiger partial charge in [-0.05, 0) is 42.3 Å². The standard InChI is InChI=1S/C20H16O5/c1-11-9-18(22)25-20-14(11)7-8-16-19(20)15(21)10-17(24-16)12-3-5-13(23-2)6-4-12/h3-9,17H,10H2,1-2H3. The van der Waals surface area contributed by atoms with Crippen molar-refractivity contribution in [3.8, 4) is 11.5 Å². The molecule has 3 aromatic rings. The number of rotatable bonds is 2. The number of hydrogen-bond acceptors (Lipinski definition) is 5. The lowest BCUT2D eigenvalue weighted by atomic mass is 9.94. The zero-order chi connectivity index (χ0) is 17.6. The molecule has 1 atom stereocenters. The van der Waals surface area contributed by atoms with Crippen molar-refractivity contribution in [3.63, 3.8) is 0 Å². The molecule has 0 aliphatic carbocycles. The Bertz CT molecular complexity index is 1030. The third kappa shape index (κ3) is 2.58. The lowest BCUT2D eigenvalue weighted by Gasteiger charge is -2.26. The number of carbonyl (C=O) groups excluding carboxylic acids is 1. The number of ether oxygens (including phenoxy) is 2. The summed E-state index contributed by atoms with van der Waals surface area (Å²) in [7, 11) is 1.60. The molecule has 1 aliphatic rings. The van der Waals surface area contributed by atoms with E-state index in [0.717, 1.165) is 22.3 Å². The van der Waals surface area contributed by atoms with E-state index in [-0.39, 0.29) is 18.3 Å². The molecule has 0 spiro atoms. The predicted octanol–water partition coefficient (Wildman–Crippen LogP) is 3.82. The van der Waals surface area contributed by atoms with Crippen LogP contribution in [0.25, 0.3) is 11.0 Å². The van der Waals surface area contributed by atoms with Gasteiger partial charge in [-0.1, -0.05) is 12.1 Å². The van der Waals surface area contributed by atoms with Gasteiger partial charge >= 0.3 is 5.63 Å². The fraction of sp³-hybridized carbons (Fsp3) is 0.200. The van der Waals surface area contributed by atoms with Crippen LogP contribution in [0.2, 0.25) is 0 Å². The number of fused-ring (bicyclic) bond motifs is 3. The SMILES string of the molecule is COc1ccc(C2CC(=O)c3c(ccc4c(C)cc(=O)oc34)O2)cc1. The van der Waals surface area contributed by atoms with Gasteiger partial charge in [0.1, 0.15) is 23.2 Å². The van der Waals surface area contributed by atoms with Crippen molar-refractivity contribution in [2.24, 2.45) is 0 Å². The average molecular weight is 336 g/mol. The van der Waals surface area contributed by atoms with Gasteiger partial charge in [-0.25, -0.2) is 4.79 Å². The van der Waals surface area contributed by atoms with E-state index in [1.54, 1.807) is 13.2 Å². The smallest absolute Gasteiger partial charge is 0.336 e. The number of ketones is 1. The first kappa shape index (κ1) is 15.4. The minimum Gasteiger partial charge on any atom is -0.497 e. The van der Waals surface area contributed by atoms with E-state index < -0.39 is 5.63 Å². The van der Waals surface area contributed by atoms with Crippen molar-refractivity contribution < 1.29 is 18.7 Å². The lowest BCUT2D eigenvalue weighted by Crippen LogP contribution is -2.21. The van der Waals surface area contributed by atoms with Crippen LogP contribution in [0, 0.1) is 6.92 Å². The molecular weight excluding hydrogens is 320 g/mol. The van der Waals surface area contributed by atoms with Crippen LogP contribution in [0.1, 0.15) is 34.0 Å². The maximum absolute atomic E-state index is 12.8. The normalized spacial score (nSPS) is 16.4. The third-order valence-electron chi connectivity index (χ3n) is 4.49. The Morgan fingerprint density at radius 1 is 1.08 bits per heavy atom. The maximum Gasteiger partial charge on any atom is 0.336 e. The van der Waals surface area contributed by atoms with Crippen LogP contribution >= 0.6 is 0 Å². The van der Waals surface area contributed by atoms with E-state index in [9.17, 15) is 9.59 Å². The topological polar surface area (TPSA) is 65.7 Å². The van der Waals surface area contributed by atoms with E-state index in [2.05, 4.69) is 0 Å². The van der Waals surface area contributed by atoms with Crippen molar-refractivity contribution in [2.45, 2.75) is 19.4 Å². The van der Waals surface area contributed by atoms with E-state index in [0.29, 0.717) is 16.9 Å². The Labute approximate surface area is 143 Å². The quantitative estimate of drug-likeness (QED) is 0.666. The maximum atomic E-state index is 12.8. The molecule has 5 nitrogen and oxygen atoms in total. The van der Waals surface area contributed by atoms with E-state index in [4.69, 9.17) is 13.9 Å². The van der Waals surface area contributed by atoms with Gasteiger partial charge in [-0.3, -0.25) is 4.79 Å². The van der Waals surface area contributed by atoms with Crippen LogP contribution in [0.4, 0.5) is 0 Å². The monoisotopic (exact) mass is 336 g/mol. The van der Waals surface area contributed by atoms with Crippen molar-refractivity contribution >= 4 is 16.8 Å². The predicted molar refractivity (Wildman–Crippen MR) is 92.5 cm³/mol. The van der Waals surface area contributed by atoms with Crippen molar-refractivity contribution in [3.05, 3.63) is 69.6 Å². The van der Waals surface area contributed by atoms with Crippen LogP contribution < -0.4 is 15.1 Å². The summed E-state index contributed by atoms with van der Waals surface area (Å²) in [6.07, 6.45) is -0.185. The summed E-state index contributed by atoms with van der Waals surface area (Å²) in [5, 5.41) is 0.748. The minimum absolute atomic E-state index is 0.0959. The Morgan fingerprint density at radius 2 is 1.84 bits per heavy atom. The number of benzene rings is 2.